The summed E-state index contributed by atoms with van der Waals surface area (Å²) >= 11 is 1.12. The molecule has 0 aliphatic heterocycles. The molecular formula is C21H24N3O6S+. The van der Waals surface area contributed by atoms with E-state index in [0.29, 0.717) is 35.0 Å². The lowest BCUT2D eigenvalue weighted by atomic mass is 10.2. The van der Waals surface area contributed by atoms with Gasteiger partial charge in [0, 0.05) is 36.0 Å². The van der Waals surface area contributed by atoms with E-state index in [4.69, 9.17) is 18.7 Å². The van der Waals surface area contributed by atoms with Gasteiger partial charge < -0.3 is 19.5 Å². The van der Waals surface area contributed by atoms with Gasteiger partial charge in [-0.1, -0.05) is 6.92 Å². The number of hydrogen-bond donors (Lipinski definition) is 2. The van der Waals surface area contributed by atoms with Gasteiger partial charge in [0.15, 0.2) is 0 Å². The predicted molar refractivity (Wildman–Crippen MR) is 116 cm³/mol. The van der Waals surface area contributed by atoms with E-state index in [1.807, 2.05) is 6.92 Å². The number of carbonyl (C=O) groups excluding carboxylic acids is 1. The van der Waals surface area contributed by atoms with Gasteiger partial charge in [0.2, 0.25) is 11.6 Å². The van der Waals surface area contributed by atoms with Crippen molar-refractivity contribution in [3.05, 3.63) is 52.9 Å². The average molecular weight is 447 g/mol. The summed E-state index contributed by atoms with van der Waals surface area (Å²) in [5.74, 6) is 1.53. The Balaban J connectivity index is 1.82. The van der Waals surface area contributed by atoms with Crippen LogP contribution in [0.15, 0.2) is 56.8 Å². The molecular weight excluding hydrogens is 422 g/mol. The number of aromatic nitrogens is 2. The van der Waals surface area contributed by atoms with E-state index in [-0.39, 0.29) is 10.9 Å². The Morgan fingerprint density at radius 2 is 1.68 bits per heavy atom. The molecule has 0 fully saturated rings. The van der Waals surface area contributed by atoms with Crippen molar-refractivity contribution < 1.29 is 28.2 Å². The van der Waals surface area contributed by atoms with Crippen molar-refractivity contribution in [1.29, 1.82) is 0 Å². The topological polar surface area (TPSA) is 107 Å². The van der Waals surface area contributed by atoms with Crippen molar-refractivity contribution in [2.24, 2.45) is 0 Å². The molecule has 9 nitrogen and oxygen atoms in total. The van der Waals surface area contributed by atoms with E-state index in [2.05, 4.69) is 10.6 Å². The lowest BCUT2D eigenvalue weighted by molar-refractivity contribution is -0.704. The van der Waals surface area contributed by atoms with Crippen molar-refractivity contribution in [3.8, 4) is 22.9 Å². The normalized spacial score (nSPS) is 11.6. The molecule has 1 unspecified atom stereocenters. The fourth-order valence-electron chi connectivity index (χ4n) is 2.82. The number of carbonyl (C=O) groups is 1. The summed E-state index contributed by atoms with van der Waals surface area (Å²) in [7, 11) is 4.65. The molecule has 2 N–H and O–H groups in total. The molecule has 1 heterocycles. The number of anilines is 1. The van der Waals surface area contributed by atoms with Crippen molar-refractivity contribution in [2.45, 2.75) is 23.6 Å². The number of methoxy groups -OCH3 is 3. The van der Waals surface area contributed by atoms with Gasteiger partial charge >= 0.3 is 10.7 Å². The quantitative estimate of drug-likeness (QED) is 0.384. The molecule has 0 aliphatic rings. The maximum Gasteiger partial charge on any atom is 0.442 e. The highest BCUT2D eigenvalue weighted by Crippen LogP contribution is 2.28. The third-order valence-electron chi connectivity index (χ3n) is 4.47. The second-order valence-electron chi connectivity index (χ2n) is 6.42. The largest absolute Gasteiger partial charge is 0.497 e. The minimum Gasteiger partial charge on any atom is -0.497 e. The molecule has 2 aromatic carbocycles. The van der Waals surface area contributed by atoms with Crippen LogP contribution in [0.4, 0.5) is 5.69 Å². The zero-order valence-corrected chi connectivity index (χ0v) is 18.4. The van der Waals surface area contributed by atoms with Gasteiger partial charge in [-0.25, -0.2) is 4.79 Å². The standard InChI is InChI=1S/C21H23N3O6S/c1-5-18(19(25)22-13-10-16(28-3)12-17(11-13)29-4)31-20-21(26)30-23-24(20)14-6-8-15(27-2)9-7-14/h6-12,18H,5H2,1-4H3,(H-,22,23,25,26)/p+1. The predicted octanol–water partition coefficient (Wildman–Crippen LogP) is 2.78. The van der Waals surface area contributed by atoms with E-state index < -0.39 is 10.9 Å². The van der Waals surface area contributed by atoms with Crippen LogP contribution in [0.25, 0.3) is 5.69 Å². The van der Waals surface area contributed by atoms with Crippen LogP contribution < -0.4 is 29.8 Å². The van der Waals surface area contributed by atoms with Crippen molar-refractivity contribution in [2.75, 3.05) is 26.6 Å². The lowest BCUT2D eigenvalue weighted by Crippen LogP contribution is -2.37. The molecule has 1 aromatic heterocycles. The summed E-state index contributed by atoms with van der Waals surface area (Å²) in [5.41, 5.74) is 0.640. The molecule has 0 saturated carbocycles. The summed E-state index contributed by atoms with van der Waals surface area (Å²) in [4.78, 5) is 25.2. The van der Waals surface area contributed by atoms with Crippen LogP contribution in [0.3, 0.4) is 0 Å². The number of ether oxygens (including phenoxy) is 3. The number of nitrogens with one attached hydrogen (secondary N) is 2. The molecule has 0 saturated heterocycles. The molecule has 0 aliphatic carbocycles. The van der Waals surface area contributed by atoms with Crippen molar-refractivity contribution in [1.82, 2.24) is 5.27 Å². The Hall–Kier alpha value is -3.40. The Morgan fingerprint density at radius 3 is 2.23 bits per heavy atom. The van der Waals surface area contributed by atoms with E-state index in [1.54, 1.807) is 49.6 Å². The summed E-state index contributed by atoms with van der Waals surface area (Å²) < 4.78 is 22.1. The van der Waals surface area contributed by atoms with E-state index in [1.165, 1.54) is 18.9 Å². The SMILES string of the molecule is CCC(Sc1c(=O)o[nH][n+]1-c1ccc(OC)cc1)C(=O)Nc1cc(OC)cc(OC)c1. The zero-order chi connectivity index (χ0) is 22.4. The molecule has 31 heavy (non-hydrogen) atoms. The summed E-state index contributed by atoms with van der Waals surface area (Å²) in [5, 5.41) is 5.16. The minimum atomic E-state index is -0.560. The Labute approximate surface area is 183 Å². The molecule has 1 amide bonds. The maximum absolute atomic E-state index is 12.9. The third-order valence-corrected chi connectivity index (χ3v) is 5.88. The van der Waals surface area contributed by atoms with Gasteiger partial charge in [-0.15, -0.1) is 0 Å². The molecule has 164 valence electrons. The molecule has 1 atom stereocenters. The number of H-pyrrole nitrogens is 1. The number of rotatable bonds is 9. The number of aromatic amines is 1. The lowest BCUT2D eigenvalue weighted by Gasteiger charge is -2.14. The van der Waals surface area contributed by atoms with Gasteiger partial charge in [-0.05, 0) is 40.3 Å². The molecule has 0 spiro atoms. The number of amides is 1. The van der Waals surface area contributed by atoms with Gasteiger partial charge in [0.25, 0.3) is 0 Å². The van der Waals surface area contributed by atoms with Crippen molar-refractivity contribution in [3.63, 3.8) is 0 Å². The van der Waals surface area contributed by atoms with Crippen molar-refractivity contribution >= 4 is 23.4 Å². The fourth-order valence-corrected chi connectivity index (χ4v) is 3.81. The van der Waals surface area contributed by atoms with Crippen LogP contribution in [0.5, 0.6) is 17.2 Å². The molecule has 0 radical (unpaired) electrons. The highest BCUT2D eigenvalue weighted by molar-refractivity contribution is 8.00. The van der Waals surface area contributed by atoms with E-state index in [0.717, 1.165) is 11.8 Å². The Morgan fingerprint density at radius 1 is 1.06 bits per heavy atom. The fraction of sp³-hybridized carbons (Fsp3) is 0.286. The van der Waals surface area contributed by atoms with Gasteiger partial charge in [-0.3, -0.25) is 9.32 Å². The first-order valence-electron chi connectivity index (χ1n) is 9.47. The molecule has 3 rings (SSSR count). The number of hydrogen-bond acceptors (Lipinski definition) is 7. The van der Waals surface area contributed by atoms with Crippen LogP contribution in [0.2, 0.25) is 0 Å². The van der Waals surface area contributed by atoms with Crippen LogP contribution in [0.1, 0.15) is 13.3 Å². The second kappa shape index (κ2) is 10.1. The maximum atomic E-state index is 12.9. The van der Waals surface area contributed by atoms with E-state index in [9.17, 15) is 9.59 Å². The molecule has 10 heteroatoms. The van der Waals surface area contributed by atoms with Crippen LogP contribution in [-0.4, -0.2) is 37.8 Å². The van der Waals surface area contributed by atoms with Crippen LogP contribution in [-0.2, 0) is 4.79 Å². The monoisotopic (exact) mass is 446 g/mol. The minimum absolute atomic E-state index is 0.260. The Kier molecular flexibility index (Phi) is 7.24. The number of benzene rings is 2. The zero-order valence-electron chi connectivity index (χ0n) is 17.6. The first-order valence-corrected chi connectivity index (χ1v) is 10.4. The summed E-state index contributed by atoms with van der Waals surface area (Å²) in [6.45, 7) is 1.87. The van der Waals surface area contributed by atoms with Gasteiger partial charge in [0.1, 0.15) is 17.2 Å². The first kappa shape index (κ1) is 22.3. The first-order chi connectivity index (χ1) is 15.0. The summed E-state index contributed by atoms with van der Waals surface area (Å²) in [6, 6.07) is 12.2. The number of nitrogens with zero attached hydrogens (tertiary/aromatic N) is 1. The van der Waals surface area contributed by atoms with E-state index >= 15 is 0 Å². The second-order valence-corrected chi connectivity index (χ2v) is 7.62. The highest BCUT2D eigenvalue weighted by Gasteiger charge is 2.30. The smallest absolute Gasteiger partial charge is 0.442 e. The third kappa shape index (κ3) is 5.21. The number of thioether (sulfide) groups is 1. The average Bonchev–Trinajstić information content (AvgIpc) is 3.16. The Bertz CT molecular complexity index is 1070. The molecule has 3 aromatic rings. The van der Waals surface area contributed by atoms with Gasteiger partial charge in [0.05, 0.1) is 26.6 Å². The van der Waals surface area contributed by atoms with Gasteiger partial charge in [-0.2, -0.15) is 0 Å². The highest BCUT2D eigenvalue weighted by atomic mass is 32.2. The summed E-state index contributed by atoms with van der Waals surface area (Å²) in [6.07, 6.45) is 0.491. The van der Waals surface area contributed by atoms with Crippen LogP contribution in [0, 0.1) is 0 Å². The van der Waals surface area contributed by atoms with Crippen LogP contribution >= 0.6 is 11.8 Å². The molecule has 0 bridgehead atoms.